The van der Waals surface area contributed by atoms with E-state index < -0.39 is 0 Å². The van der Waals surface area contributed by atoms with E-state index in [1.165, 1.54) is 23.2 Å². The summed E-state index contributed by atoms with van der Waals surface area (Å²) in [5, 5.41) is 9.10. The first-order valence-electron chi connectivity index (χ1n) is 8.11. The van der Waals surface area contributed by atoms with E-state index >= 15 is 0 Å². The number of aryl methyl sites for hydroxylation is 2. The number of aliphatic hydroxyl groups excluding tert-OH is 1. The number of pyridine rings is 1. The molecule has 5 nitrogen and oxygen atoms in total. The van der Waals surface area contributed by atoms with Crippen LogP contribution in [-0.4, -0.2) is 54.3 Å². The Bertz CT molecular complexity index is 491. The summed E-state index contributed by atoms with van der Waals surface area (Å²) in [6.45, 7) is 5.62. The molecule has 1 fully saturated rings. The summed E-state index contributed by atoms with van der Waals surface area (Å²) in [5.74, 6) is 1.10. The Morgan fingerprint density at radius 1 is 1.14 bits per heavy atom. The van der Waals surface area contributed by atoms with Gasteiger partial charge in [-0.05, 0) is 43.9 Å². The van der Waals surface area contributed by atoms with Crippen LogP contribution in [0.2, 0.25) is 0 Å². The molecule has 3 rings (SSSR count). The Kier molecular flexibility index (Phi) is 4.73. The highest BCUT2D eigenvalue weighted by molar-refractivity contribution is 5.51. The van der Waals surface area contributed by atoms with E-state index in [0.29, 0.717) is 6.54 Å². The molecule has 0 atom stereocenters. The molecule has 0 radical (unpaired) electrons. The average molecular weight is 290 g/mol. The van der Waals surface area contributed by atoms with E-state index in [0.717, 1.165) is 57.8 Å². The van der Waals surface area contributed by atoms with Gasteiger partial charge in [0.1, 0.15) is 5.82 Å². The molecule has 0 amide bonds. The fourth-order valence-electron chi connectivity index (χ4n) is 3.48. The smallest absolute Gasteiger partial charge is 0.133 e. The molecule has 21 heavy (non-hydrogen) atoms. The van der Waals surface area contributed by atoms with Crippen LogP contribution in [0.15, 0.2) is 6.07 Å². The lowest BCUT2D eigenvalue weighted by Crippen LogP contribution is -2.33. The van der Waals surface area contributed by atoms with Crippen molar-refractivity contribution in [1.82, 2.24) is 9.88 Å². The third-order valence-electron chi connectivity index (χ3n) is 4.63. The molecule has 0 saturated carbocycles. The van der Waals surface area contributed by atoms with Gasteiger partial charge in [0.05, 0.1) is 6.61 Å². The van der Waals surface area contributed by atoms with Gasteiger partial charge in [-0.15, -0.1) is 0 Å². The van der Waals surface area contributed by atoms with Crippen molar-refractivity contribution in [2.24, 2.45) is 5.73 Å². The first-order valence-corrected chi connectivity index (χ1v) is 8.11. The number of hydrogen-bond donors (Lipinski definition) is 2. The maximum Gasteiger partial charge on any atom is 0.133 e. The lowest BCUT2D eigenvalue weighted by molar-refractivity contribution is 0.204. The molecule has 0 bridgehead atoms. The number of rotatable bonds is 4. The highest BCUT2D eigenvalue weighted by atomic mass is 16.3. The van der Waals surface area contributed by atoms with E-state index in [9.17, 15) is 0 Å². The summed E-state index contributed by atoms with van der Waals surface area (Å²) < 4.78 is 0. The van der Waals surface area contributed by atoms with Crippen molar-refractivity contribution in [3.05, 3.63) is 22.9 Å². The van der Waals surface area contributed by atoms with Gasteiger partial charge in [-0.25, -0.2) is 4.98 Å². The van der Waals surface area contributed by atoms with Crippen LogP contribution in [0, 0.1) is 0 Å². The van der Waals surface area contributed by atoms with Crippen molar-refractivity contribution < 1.29 is 5.11 Å². The molecular formula is C16H26N4O. The number of hydrogen-bond acceptors (Lipinski definition) is 5. The third kappa shape index (κ3) is 3.20. The molecule has 2 aliphatic rings. The average Bonchev–Trinajstić information content (AvgIpc) is 2.84. The normalized spacial score (nSPS) is 19.6. The Labute approximate surface area is 126 Å². The Morgan fingerprint density at radius 2 is 2.05 bits per heavy atom. The summed E-state index contributed by atoms with van der Waals surface area (Å²) in [6, 6.07) is 2.28. The minimum Gasteiger partial charge on any atom is -0.395 e. The van der Waals surface area contributed by atoms with Gasteiger partial charge >= 0.3 is 0 Å². The molecule has 0 spiro atoms. The number of fused-ring (bicyclic) bond motifs is 1. The number of nitrogens with two attached hydrogens (primary N) is 1. The highest BCUT2D eigenvalue weighted by Crippen LogP contribution is 2.27. The van der Waals surface area contributed by atoms with Crippen molar-refractivity contribution in [3.63, 3.8) is 0 Å². The van der Waals surface area contributed by atoms with E-state index in [2.05, 4.69) is 15.9 Å². The first kappa shape index (κ1) is 14.8. The van der Waals surface area contributed by atoms with Gasteiger partial charge in [-0.1, -0.05) is 0 Å². The van der Waals surface area contributed by atoms with E-state index in [-0.39, 0.29) is 6.61 Å². The Morgan fingerprint density at radius 3 is 2.86 bits per heavy atom. The number of β-amino-alcohol motifs (C(OH)–C–C–N with tert-alkyl or cyclic N) is 1. The van der Waals surface area contributed by atoms with Crippen molar-refractivity contribution in [2.75, 3.05) is 44.2 Å². The summed E-state index contributed by atoms with van der Waals surface area (Å²) in [4.78, 5) is 9.65. The molecule has 116 valence electrons. The van der Waals surface area contributed by atoms with Crippen LogP contribution in [0.25, 0.3) is 0 Å². The minimum absolute atomic E-state index is 0.241. The second kappa shape index (κ2) is 6.73. The molecular weight excluding hydrogens is 264 g/mol. The molecule has 1 saturated heterocycles. The standard InChI is InChI=1S/C16H26N4O/c17-12-14-11-13-3-1-4-15(13)18-16(14)20-6-2-5-19(7-8-20)9-10-21/h11,21H,1-10,12,17H2. The fraction of sp³-hybridized carbons (Fsp3) is 0.688. The molecule has 3 N–H and O–H groups in total. The Balaban J connectivity index is 1.79. The first-order chi connectivity index (χ1) is 10.3. The van der Waals surface area contributed by atoms with Gasteiger partial charge in [-0.2, -0.15) is 0 Å². The molecule has 1 aromatic heterocycles. The maximum absolute atomic E-state index is 9.10. The van der Waals surface area contributed by atoms with Crippen LogP contribution in [0.3, 0.4) is 0 Å². The second-order valence-corrected chi connectivity index (χ2v) is 6.04. The molecule has 1 aromatic rings. The second-order valence-electron chi connectivity index (χ2n) is 6.04. The quantitative estimate of drug-likeness (QED) is 0.847. The van der Waals surface area contributed by atoms with Crippen LogP contribution in [-0.2, 0) is 19.4 Å². The van der Waals surface area contributed by atoms with Crippen LogP contribution >= 0.6 is 0 Å². The van der Waals surface area contributed by atoms with Crippen LogP contribution in [0.4, 0.5) is 5.82 Å². The lowest BCUT2D eigenvalue weighted by Gasteiger charge is -2.25. The monoisotopic (exact) mass is 290 g/mol. The summed E-state index contributed by atoms with van der Waals surface area (Å²) in [7, 11) is 0. The van der Waals surface area contributed by atoms with Gasteiger partial charge in [0.15, 0.2) is 0 Å². The van der Waals surface area contributed by atoms with Gasteiger partial charge in [-0.3, -0.25) is 4.90 Å². The van der Waals surface area contributed by atoms with Crippen molar-refractivity contribution in [1.29, 1.82) is 0 Å². The minimum atomic E-state index is 0.241. The topological polar surface area (TPSA) is 65.6 Å². The molecule has 5 heteroatoms. The number of aromatic nitrogens is 1. The molecule has 1 aliphatic carbocycles. The van der Waals surface area contributed by atoms with E-state index in [4.69, 9.17) is 15.8 Å². The summed E-state index contributed by atoms with van der Waals surface area (Å²) >= 11 is 0. The van der Waals surface area contributed by atoms with E-state index in [1.807, 2.05) is 0 Å². The molecule has 1 aliphatic heterocycles. The zero-order chi connectivity index (χ0) is 14.7. The third-order valence-corrected chi connectivity index (χ3v) is 4.63. The molecule has 0 aromatic carbocycles. The zero-order valence-corrected chi connectivity index (χ0v) is 12.7. The Hall–Kier alpha value is -1.17. The highest BCUT2D eigenvalue weighted by Gasteiger charge is 2.21. The largest absolute Gasteiger partial charge is 0.395 e. The van der Waals surface area contributed by atoms with Crippen LogP contribution in [0.5, 0.6) is 0 Å². The molecule has 0 unspecified atom stereocenters. The fourth-order valence-corrected chi connectivity index (χ4v) is 3.48. The van der Waals surface area contributed by atoms with Gasteiger partial charge in [0.25, 0.3) is 0 Å². The SMILES string of the molecule is NCc1cc2c(nc1N1CCCN(CCO)CC1)CCC2. The maximum atomic E-state index is 9.10. The lowest BCUT2D eigenvalue weighted by atomic mass is 10.1. The van der Waals surface area contributed by atoms with Crippen molar-refractivity contribution in [2.45, 2.75) is 32.2 Å². The predicted molar refractivity (Wildman–Crippen MR) is 84.5 cm³/mol. The number of aliphatic hydroxyl groups is 1. The number of anilines is 1. The van der Waals surface area contributed by atoms with Crippen LogP contribution in [0.1, 0.15) is 29.7 Å². The summed E-state index contributed by atoms with van der Waals surface area (Å²) in [6.07, 6.45) is 4.60. The zero-order valence-electron chi connectivity index (χ0n) is 12.7. The molecule has 2 heterocycles. The predicted octanol–water partition coefficient (Wildman–Crippen LogP) is 0.533. The van der Waals surface area contributed by atoms with E-state index in [1.54, 1.807) is 0 Å². The van der Waals surface area contributed by atoms with Crippen molar-refractivity contribution in [3.8, 4) is 0 Å². The number of nitrogens with zero attached hydrogens (tertiary/aromatic N) is 3. The van der Waals surface area contributed by atoms with Crippen molar-refractivity contribution >= 4 is 5.82 Å². The van der Waals surface area contributed by atoms with Gasteiger partial charge < -0.3 is 15.7 Å². The summed E-state index contributed by atoms with van der Waals surface area (Å²) in [5.41, 5.74) is 9.82. The van der Waals surface area contributed by atoms with Crippen LogP contribution < -0.4 is 10.6 Å². The van der Waals surface area contributed by atoms with Gasteiger partial charge in [0.2, 0.25) is 0 Å². The van der Waals surface area contributed by atoms with Gasteiger partial charge in [0, 0.05) is 44.0 Å².